The van der Waals surface area contributed by atoms with E-state index in [1.54, 1.807) is 6.20 Å². The van der Waals surface area contributed by atoms with Crippen LogP contribution in [-0.2, 0) is 0 Å². The fourth-order valence-electron chi connectivity index (χ4n) is 2.52. The number of fused-ring (bicyclic) bond motifs is 1. The molecule has 2 aromatic rings. The van der Waals surface area contributed by atoms with E-state index < -0.39 is 0 Å². The average Bonchev–Trinajstić information content (AvgIpc) is 2.82. The first-order valence-electron chi connectivity index (χ1n) is 6.28. The number of hydrogen-bond donors (Lipinski definition) is 2. The Hall–Kier alpha value is -1.26. The van der Waals surface area contributed by atoms with Gasteiger partial charge in [0, 0.05) is 11.4 Å². The van der Waals surface area contributed by atoms with Crippen molar-refractivity contribution in [3.05, 3.63) is 23.4 Å². The summed E-state index contributed by atoms with van der Waals surface area (Å²) in [5, 5.41) is 8.39. The molecule has 0 unspecified atom stereocenters. The van der Waals surface area contributed by atoms with E-state index in [1.807, 2.05) is 12.1 Å². The second kappa shape index (κ2) is 4.78. The molecule has 1 heterocycles. The van der Waals surface area contributed by atoms with E-state index in [1.165, 1.54) is 0 Å². The molecule has 3 rings (SSSR count). The third kappa shape index (κ3) is 2.18. The van der Waals surface area contributed by atoms with Crippen molar-refractivity contribution in [3.63, 3.8) is 0 Å². The van der Waals surface area contributed by atoms with E-state index in [0.717, 1.165) is 42.3 Å². The monoisotopic (exact) mass is 265 g/mol. The molecule has 0 saturated heterocycles. The van der Waals surface area contributed by atoms with Gasteiger partial charge in [-0.05, 0) is 37.8 Å². The first-order chi connectivity index (χ1) is 8.74. The van der Waals surface area contributed by atoms with E-state index in [-0.39, 0.29) is 12.1 Å². The van der Waals surface area contributed by atoms with Crippen LogP contribution in [0.3, 0.4) is 0 Å². The second-order valence-corrected chi connectivity index (χ2v) is 5.25. The van der Waals surface area contributed by atoms with Gasteiger partial charge < -0.3 is 10.5 Å². The SMILES string of the molecule is N[C@H]1CCC[C@H](Oc2ccc3[nH]ncc3c2Cl)C1. The molecular formula is C13H16ClN3O. The summed E-state index contributed by atoms with van der Waals surface area (Å²) in [7, 11) is 0. The summed E-state index contributed by atoms with van der Waals surface area (Å²) in [5.41, 5.74) is 6.89. The zero-order chi connectivity index (χ0) is 12.5. The first kappa shape index (κ1) is 11.8. The van der Waals surface area contributed by atoms with Crippen molar-refractivity contribution in [3.8, 4) is 5.75 Å². The number of benzene rings is 1. The predicted octanol–water partition coefficient (Wildman–Crippen LogP) is 2.87. The van der Waals surface area contributed by atoms with Gasteiger partial charge in [0.1, 0.15) is 11.9 Å². The Morgan fingerprint density at radius 3 is 3.11 bits per heavy atom. The van der Waals surface area contributed by atoms with E-state index in [2.05, 4.69) is 10.2 Å². The molecular weight excluding hydrogens is 250 g/mol. The Morgan fingerprint density at radius 1 is 1.39 bits per heavy atom. The average molecular weight is 266 g/mol. The number of ether oxygens (including phenoxy) is 1. The molecule has 1 aliphatic carbocycles. The number of hydrogen-bond acceptors (Lipinski definition) is 3. The Kier molecular flexibility index (Phi) is 3.14. The lowest BCUT2D eigenvalue weighted by atomic mass is 9.93. The van der Waals surface area contributed by atoms with Crippen molar-refractivity contribution in [1.82, 2.24) is 10.2 Å². The van der Waals surface area contributed by atoms with Gasteiger partial charge in [0.05, 0.1) is 16.7 Å². The van der Waals surface area contributed by atoms with E-state index >= 15 is 0 Å². The zero-order valence-electron chi connectivity index (χ0n) is 10.0. The van der Waals surface area contributed by atoms with Crippen molar-refractivity contribution >= 4 is 22.5 Å². The van der Waals surface area contributed by atoms with Crippen LogP contribution in [-0.4, -0.2) is 22.3 Å². The maximum absolute atomic E-state index is 6.32. The number of rotatable bonds is 2. The lowest BCUT2D eigenvalue weighted by Crippen LogP contribution is -2.33. The predicted molar refractivity (Wildman–Crippen MR) is 72.0 cm³/mol. The summed E-state index contributed by atoms with van der Waals surface area (Å²) in [6, 6.07) is 4.08. The number of nitrogens with two attached hydrogens (primary N) is 1. The molecule has 0 amide bonds. The minimum absolute atomic E-state index is 0.176. The molecule has 3 N–H and O–H groups in total. The highest BCUT2D eigenvalue weighted by Gasteiger charge is 2.21. The highest BCUT2D eigenvalue weighted by molar-refractivity contribution is 6.36. The molecule has 0 aliphatic heterocycles. The number of halogens is 1. The summed E-state index contributed by atoms with van der Waals surface area (Å²) in [5.74, 6) is 0.727. The van der Waals surface area contributed by atoms with Crippen LogP contribution in [0, 0.1) is 0 Å². The minimum atomic E-state index is 0.176. The highest BCUT2D eigenvalue weighted by Crippen LogP contribution is 2.34. The van der Waals surface area contributed by atoms with Crippen molar-refractivity contribution in [1.29, 1.82) is 0 Å². The van der Waals surface area contributed by atoms with Crippen LogP contribution in [0.25, 0.3) is 10.9 Å². The van der Waals surface area contributed by atoms with Crippen molar-refractivity contribution in [2.75, 3.05) is 0 Å². The third-order valence-electron chi connectivity index (χ3n) is 3.48. The molecule has 0 spiro atoms. The van der Waals surface area contributed by atoms with Crippen LogP contribution in [0.1, 0.15) is 25.7 Å². The molecule has 0 radical (unpaired) electrons. The van der Waals surface area contributed by atoms with Gasteiger partial charge in [-0.3, -0.25) is 5.10 Å². The van der Waals surface area contributed by atoms with Gasteiger partial charge in [-0.1, -0.05) is 11.6 Å². The topological polar surface area (TPSA) is 63.9 Å². The molecule has 18 heavy (non-hydrogen) atoms. The molecule has 2 atom stereocenters. The van der Waals surface area contributed by atoms with Crippen LogP contribution in [0.5, 0.6) is 5.75 Å². The van der Waals surface area contributed by atoms with Crippen LogP contribution < -0.4 is 10.5 Å². The van der Waals surface area contributed by atoms with E-state index in [9.17, 15) is 0 Å². The summed E-state index contributed by atoms with van der Waals surface area (Å²) in [4.78, 5) is 0. The molecule has 1 aromatic heterocycles. The number of nitrogens with zero attached hydrogens (tertiary/aromatic N) is 1. The molecule has 5 heteroatoms. The van der Waals surface area contributed by atoms with Gasteiger partial charge in [-0.2, -0.15) is 5.10 Å². The number of nitrogens with one attached hydrogen (secondary N) is 1. The van der Waals surface area contributed by atoms with E-state index in [0.29, 0.717) is 5.02 Å². The lowest BCUT2D eigenvalue weighted by molar-refractivity contribution is 0.145. The standard InChI is InChI=1S/C13H16ClN3O/c14-13-10-7-16-17-11(10)4-5-12(13)18-9-3-1-2-8(15)6-9/h4-5,7-9H,1-3,6,15H2,(H,16,17)/t8-,9-/m0/s1. The summed E-state index contributed by atoms with van der Waals surface area (Å²) in [6.45, 7) is 0. The Labute approximate surface area is 110 Å². The normalized spacial score (nSPS) is 24.3. The third-order valence-corrected chi connectivity index (χ3v) is 3.87. The molecule has 96 valence electrons. The summed E-state index contributed by atoms with van der Waals surface area (Å²) in [6.07, 6.45) is 6.06. The molecule has 0 bridgehead atoms. The second-order valence-electron chi connectivity index (χ2n) is 4.88. The maximum atomic E-state index is 6.32. The van der Waals surface area contributed by atoms with Gasteiger partial charge in [0.2, 0.25) is 0 Å². The fraction of sp³-hybridized carbons (Fsp3) is 0.462. The van der Waals surface area contributed by atoms with Crippen LogP contribution in [0.15, 0.2) is 18.3 Å². The molecule has 1 fully saturated rings. The number of aromatic amines is 1. The number of H-pyrrole nitrogens is 1. The van der Waals surface area contributed by atoms with Gasteiger partial charge in [-0.15, -0.1) is 0 Å². The van der Waals surface area contributed by atoms with Gasteiger partial charge in [0.25, 0.3) is 0 Å². The van der Waals surface area contributed by atoms with Gasteiger partial charge >= 0.3 is 0 Å². The van der Waals surface area contributed by atoms with Crippen molar-refractivity contribution in [2.24, 2.45) is 5.73 Å². The van der Waals surface area contributed by atoms with Crippen LogP contribution in [0.2, 0.25) is 5.02 Å². The van der Waals surface area contributed by atoms with Crippen molar-refractivity contribution in [2.45, 2.75) is 37.8 Å². The first-order valence-corrected chi connectivity index (χ1v) is 6.65. The molecule has 1 aliphatic rings. The zero-order valence-corrected chi connectivity index (χ0v) is 10.8. The van der Waals surface area contributed by atoms with E-state index in [4.69, 9.17) is 22.1 Å². The number of aromatic nitrogens is 2. The fourth-order valence-corrected chi connectivity index (χ4v) is 2.78. The van der Waals surface area contributed by atoms with Crippen LogP contribution >= 0.6 is 11.6 Å². The molecule has 1 aromatic carbocycles. The van der Waals surface area contributed by atoms with Gasteiger partial charge in [0.15, 0.2) is 0 Å². The maximum Gasteiger partial charge on any atom is 0.139 e. The molecule has 1 saturated carbocycles. The lowest BCUT2D eigenvalue weighted by Gasteiger charge is -2.27. The van der Waals surface area contributed by atoms with Crippen LogP contribution in [0.4, 0.5) is 0 Å². The smallest absolute Gasteiger partial charge is 0.139 e. The Bertz CT molecular complexity index is 554. The molecule has 4 nitrogen and oxygen atoms in total. The Balaban J connectivity index is 1.83. The van der Waals surface area contributed by atoms with Gasteiger partial charge in [-0.25, -0.2) is 0 Å². The Morgan fingerprint density at radius 2 is 2.28 bits per heavy atom. The van der Waals surface area contributed by atoms with Crippen molar-refractivity contribution < 1.29 is 4.74 Å². The largest absolute Gasteiger partial charge is 0.489 e. The quantitative estimate of drug-likeness (QED) is 0.878. The summed E-state index contributed by atoms with van der Waals surface area (Å²) >= 11 is 6.32. The summed E-state index contributed by atoms with van der Waals surface area (Å²) < 4.78 is 5.98. The highest BCUT2D eigenvalue weighted by atomic mass is 35.5. The minimum Gasteiger partial charge on any atom is -0.489 e.